The van der Waals surface area contributed by atoms with Crippen molar-refractivity contribution in [3.05, 3.63) is 26.6 Å². The number of nitrogens with zero attached hydrogens (tertiary/aromatic N) is 2. The minimum Gasteiger partial charge on any atom is -0.393 e. The molecule has 5 nitrogen and oxygen atoms in total. The summed E-state index contributed by atoms with van der Waals surface area (Å²) in [5, 5.41) is 10.6. The molecule has 0 amide bonds. The van der Waals surface area contributed by atoms with Crippen molar-refractivity contribution >= 4 is 21.6 Å². The number of hydrogen-bond donors (Lipinski definition) is 2. The van der Waals surface area contributed by atoms with Crippen LogP contribution < -0.4 is 5.56 Å². The SMILES string of the molecule is Cc1sc2nc(C(C)N3CCCC(C(C)O)C3)[nH]c(=O)c2c1C. The van der Waals surface area contributed by atoms with Gasteiger partial charge in [-0.2, -0.15) is 0 Å². The summed E-state index contributed by atoms with van der Waals surface area (Å²) in [5.41, 5.74) is 0.993. The molecule has 3 unspecified atom stereocenters. The molecule has 3 rings (SSSR count). The molecule has 3 atom stereocenters. The Morgan fingerprint density at radius 1 is 1.39 bits per heavy atom. The topological polar surface area (TPSA) is 69.2 Å². The van der Waals surface area contributed by atoms with Crippen LogP contribution in [0.1, 0.15) is 49.0 Å². The van der Waals surface area contributed by atoms with E-state index in [1.165, 1.54) is 0 Å². The molecule has 0 saturated carbocycles. The summed E-state index contributed by atoms with van der Waals surface area (Å²) in [5.74, 6) is 1.03. The minimum atomic E-state index is -0.290. The van der Waals surface area contributed by atoms with Crippen LogP contribution in [0, 0.1) is 19.8 Å². The zero-order chi connectivity index (χ0) is 16.7. The molecule has 6 heteroatoms. The molecule has 0 radical (unpaired) electrons. The molecule has 2 N–H and O–H groups in total. The van der Waals surface area contributed by atoms with Crippen LogP contribution in [-0.2, 0) is 0 Å². The van der Waals surface area contributed by atoms with Crippen LogP contribution in [0.3, 0.4) is 0 Å². The van der Waals surface area contributed by atoms with Crippen molar-refractivity contribution in [2.24, 2.45) is 5.92 Å². The lowest BCUT2D eigenvalue weighted by molar-refractivity contribution is 0.0455. The Bertz CT molecular complexity index is 765. The summed E-state index contributed by atoms with van der Waals surface area (Å²) < 4.78 is 0. The van der Waals surface area contributed by atoms with Crippen LogP contribution in [0.25, 0.3) is 10.2 Å². The standard InChI is InChI=1S/C17H25N3O2S/c1-9-12(4)23-17-14(9)16(22)18-15(19-17)10(2)20-7-5-6-13(8-20)11(3)21/h10-11,13,21H,5-8H2,1-4H3,(H,18,19,22). The Morgan fingerprint density at radius 2 is 2.13 bits per heavy atom. The molecule has 1 saturated heterocycles. The van der Waals surface area contributed by atoms with Crippen molar-refractivity contribution in [3.63, 3.8) is 0 Å². The summed E-state index contributed by atoms with van der Waals surface area (Å²) in [7, 11) is 0. The molecule has 126 valence electrons. The van der Waals surface area contributed by atoms with Gasteiger partial charge < -0.3 is 10.1 Å². The average molecular weight is 335 g/mol. The van der Waals surface area contributed by atoms with Gasteiger partial charge in [-0.15, -0.1) is 11.3 Å². The van der Waals surface area contributed by atoms with Crippen LogP contribution >= 0.6 is 11.3 Å². The maximum absolute atomic E-state index is 12.4. The zero-order valence-electron chi connectivity index (χ0n) is 14.2. The number of likely N-dealkylation sites (tertiary alicyclic amines) is 1. The lowest BCUT2D eigenvalue weighted by atomic mass is 9.92. The molecular weight excluding hydrogens is 310 g/mol. The fraction of sp³-hybridized carbons (Fsp3) is 0.647. The number of H-pyrrole nitrogens is 1. The van der Waals surface area contributed by atoms with Crippen molar-refractivity contribution in [2.75, 3.05) is 13.1 Å². The van der Waals surface area contributed by atoms with Gasteiger partial charge in [-0.1, -0.05) is 0 Å². The van der Waals surface area contributed by atoms with Crippen LogP contribution in [0.15, 0.2) is 4.79 Å². The molecule has 23 heavy (non-hydrogen) atoms. The minimum absolute atomic E-state index is 0.0391. The fourth-order valence-electron chi connectivity index (χ4n) is 3.43. The Labute approximate surface area is 140 Å². The van der Waals surface area contributed by atoms with Crippen LogP contribution in [0.4, 0.5) is 0 Å². The van der Waals surface area contributed by atoms with Gasteiger partial charge in [-0.05, 0) is 58.6 Å². The first-order valence-electron chi connectivity index (χ1n) is 8.30. The first kappa shape index (κ1) is 16.6. The third-order valence-electron chi connectivity index (χ3n) is 5.17. The fourth-order valence-corrected chi connectivity index (χ4v) is 4.47. The Hall–Kier alpha value is -1.24. The third-order valence-corrected chi connectivity index (χ3v) is 6.27. The number of piperidine rings is 1. The molecule has 3 heterocycles. The van der Waals surface area contributed by atoms with E-state index in [2.05, 4.69) is 16.8 Å². The van der Waals surface area contributed by atoms with Gasteiger partial charge in [0, 0.05) is 11.4 Å². The molecule has 1 fully saturated rings. The highest BCUT2D eigenvalue weighted by Gasteiger charge is 2.28. The Kier molecular flexibility index (Phi) is 4.58. The highest BCUT2D eigenvalue weighted by Crippen LogP contribution is 2.29. The van der Waals surface area contributed by atoms with Gasteiger partial charge in [0.05, 0.1) is 17.5 Å². The molecule has 0 bridgehead atoms. The van der Waals surface area contributed by atoms with Gasteiger partial charge in [0.25, 0.3) is 5.56 Å². The number of aliphatic hydroxyl groups excluding tert-OH is 1. The number of aromatic nitrogens is 2. The van der Waals surface area contributed by atoms with Gasteiger partial charge >= 0.3 is 0 Å². The molecule has 2 aromatic rings. The van der Waals surface area contributed by atoms with E-state index in [-0.39, 0.29) is 17.7 Å². The summed E-state index contributed by atoms with van der Waals surface area (Å²) in [6.07, 6.45) is 1.85. The average Bonchev–Trinajstić information content (AvgIpc) is 2.81. The summed E-state index contributed by atoms with van der Waals surface area (Å²) in [6.45, 7) is 9.79. The number of rotatable bonds is 3. The number of nitrogens with one attached hydrogen (secondary N) is 1. The van der Waals surface area contributed by atoms with E-state index < -0.39 is 0 Å². The molecule has 0 spiro atoms. The molecule has 0 aliphatic carbocycles. The van der Waals surface area contributed by atoms with Crippen molar-refractivity contribution in [3.8, 4) is 0 Å². The summed E-state index contributed by atoms with van der Waals surface area (Å²) in [4.78, 5) is 24.4. The van der Waals surface area contributed by atoms with Crippen LogP contribution in [-0.4, -0.2) is 39.2 Å². The highest BCUT2D eigenvalue weighted by molar-refractivity contribution is 7.18. The second kappa shape index (κ2) is 6.34. The first-order chi connectivity index (χ1) is 10.9. The predicted octanol–water partition coefficient (Wildman–Crippen LogP) is 2.76. The summed E-state index contributed by atoms with van der Waals surface area (Å²) in [6, 6.07) is 0.0522. The number of hydrogen-bond acceptors (Lipinski definition) is 5. The van der Waals surface area contributed by atoms with Crippen molar-refractivity contribution in [2.45, 2.75) is 52.7 Å². The van der Waals surface area contributed by atoms with E-state index in [0.717, 1.165) is 52.4 Å². The molecule has 2 aromatic heterocycles. The first-order valence-corrected chi connectivity index (χ1v) is 9.12. The normalized spacial score (nSPS) is 22.4. The maximum atomic E-state index is 12.4. The largest absolute Gasteiger partial charge is 0.393 e. The smallest absolute Gasteiger partial charge is 0.259 e. The van der Waals surface area contributed by atoms with Crippen molar-refractivity contribution < 1.29 is 5.11 Å². The lowest BCUT2D eigenvalue weighted by Crippen LogP contribution is -2.41. The maximum Gasteiger partial charge on any atom is 0.259 e. The number of thiophene rings is 1. The molecular formula is C17H25N3O2S. The molecule has 1 aliphatic rings. The summed E-state index contributed by atoms with van der Waals surface area (Å²) >= 11 is 1.59. The van der Waals surface area contributed by atoms with E-state index >= 15 is 0 Å². The predicted molar refractivity (Wildman–Crippen MR) is 94.1 cm³/mol. The number of aryl methyl sites for hydroxylation is 2. The Balaban J connectivity index is 1.92. The van der Waals surface area contributed by atoms with E-state index in [1.54, 1.807) is 11.3 Å². The van der Waals surface area contributed by atoms with Gasteiger partial charge in [-0.25, -0.2) is 4.98 Å². The quantitative estimate of drug-likeness (QED) is 0.905. The van der Waals surface area contributed by atoms with Crippen LogP contribution in [0.2, 0.25) is 0 Å². The number of fused-ring (bicyclic) bond motifs is 1. The van der Waals surface area contributed by atoms with E-state index in [1.807, 2.05) is 20.8 Å². The van der Waals surface area contributed by atoms with Gasteiger partial charge in [-0.3, -0.25) is 9.69 Å². The van der Waals surface area contributed by atoms with Gasteiger partial charge in [0.15, 0.2) is 0 Å². The lowest BCUT2D eigenvalue weighted by Gasteiger charge is -2.37. The third kappa shape index (κ3) is 3.07. The number of aliphatic hydroxyl groups is 1. The van der Waals surface area contributed by atoms with E-state index in [4.69, 9.17) is 4.98 Å². The van der Waals surface area contributed by atoms with Crippen LogP contribution in [0.5, 0.6) is 0 Å². The second-order valence-electron chi connectivity index (χ2n) is 6.73. The zero-order valence-corrected chi connectivity index (χ0v) is 15.0. The van der Waals surface area contributed by atoms with E-state index in [9.17, 15) is 9.90 Å². The van der Waals surface area contributed by atoms with Gasteiger partial charge in [0.2, 0.25) is 0 Å². The molecule has 0 aromatic carbocycles. The van der Waals surface area contributed by atoms with Crippen molar-refractivity contribution in [1.82, 2.24) is 14.9 Å². The van der Waals surface area contributed by atoms with Crippen molar-refractivity contribution in [1.29, 1.82) is 0 Å². The molecule has 1 aliphatic heterocycles. The second-order valence-corrected chi connectivity index (χ2v) is 7.93. The van der Waals surface area contributed by atoms with E-state index in [0.29, 0.717) is 5.92 Å². The highest BCUT2D eigenvalue weighted by atomic mass is 32.1. The monoisotopic (exact) mass is 335 g/mol. The Morgan fingerprint density at radius 3 is 2.83 bits per heavy atom. The van der Waals surface area contributed by atoms with Gasteiger partial charge in [0.1, 0.15) is 10.7 Å². The number of aromatic amines is 1.